The molecule has 6 nitrogen and oxygen atoms in total. The third-order valence-corrected chi connectivity index (χ3v) is 2.49. The lowest BCUT2D eigenvalue weighted by Gasteiger charge is -2.20. The van der Waals surface area contributed by atoms with E-state index in [2.05, 4.69) is 15.5 Å². The van der Waals surface area contributed by atoms with Crippen molar-refractivity contribution in [2.45, 2.75) is 51.5 Å². The highest BCUT2D eigenvalue weighted by atomic mass is 32.2. The van der Waals surface area contributed by atoms with Crippen LogP contribution < -0.4 is 5.32 Å². The second-order valence-electron chi connectivity index (χ2n) is 4.71. The molecule has 0 radical (unpaired) electrons. The standard InChI is InChI=1S/C11H19N3O3S/c1-6-18-10-14-13-8(16-10)7(2)12-9(15)17-11(3,4)5/h7H,6H2,1-5H3,(H,12,15)/t7-/m0/s1. The number of amides is 1. The molecule has 102 valence electrons. The van der Waals surface area contributed by atoms with Crippen LogP contribution in [0.4, 0.5) is 4.79 Å². The van der Waals surface area contributed by atoms with E-state index in [1.165, 1.54) is 11.8 Å². The number of ether oxygens (including phenoxy) is 1. The Labute approximate surface area is 111 Å². The summed E-state index contributed by atoms with van der Waals surface area (Å²) in [4.78, 5) is 11.5. The van der Waals surface area contributed by atoms with Crippen molar-refractivity contribution in [1.29, 1.82) is 0 Å². The molecule has 0 aliphatic heterocycles. The Bertz CT molecular complexity index is 400. The summed E-state index contributed by atoms with van der Waals surface area (Å²) in [7, 11) is 0. The molecule has 7 heteroatoms. The Balaban J connectivity index is 2.53. The molecule has 0 saturated carbocycles. The summed E-state index contributed by atoms with van der Waals surface area (Å²) < 4.78 is 10.5. The average Bonchev–Trinajstić information content (AvgIpc) is 2.63. The maximum Gasteiger partial charge on any atom is 0.408 e. The van der Waals surface area contributed by atoms with Gasteiger partial charge in [0, 0.05) is 0 Å². The van der Waals surface area contributed by atoms with E-state index in [1.807, 2.05) is 6.92 Å². The van der Waals surface area contributed by atoms with Gasteiger partial charge in [-0.05, 0) is 33.4 Å². The zero-order valence-corrected chi connectivity index (χ0v) is 12.1. The van der Waals surface area contributed by atoms with Crippen molar-refractivity contribution in [1.82, 2.24) is 15.5 Å². The van der Waals surface area contributed by atoms with Crippen LogP contribution in [0.1, 0.15) is 46.6 Å². The van der Waals surface area contributed by atoms with Crippen LogP contribution in [0.5, 0.6) is 0 Å². The molecule has 0 aromatic carbocycles. The van der Waals surface area contributed by atoms with E-state index < -0.39 is 11.7 Å². The number of alkyl carbamates (subject to hydrolysis) is 1. The number of nitrogens with one attached hydrogen (secondary N) is 1. The van der Waals surface area contributed by atoms with Crippen molar-refractivity contribution in [2.75, 3.05) is 5.75 Å². The van der Waals surface area contributed by atoms with E-state index in [1.54, 1.807) is 27.7 Å². The number of carbonyl (C=O) groups excluding carboxylic acids is 1. The number of hydrogen-bond acceptors (Lipinski definition) is 6. The number of rotatable bonds is 4. The van der Waals surface area contributed by atoms with Crippen LogP contribution in [0.15, 0.2) is 9.64 Å². The molecule has 1 atom stereocenters. The van der Waals surface area contributed by atoms with Crippen LogP contribution in [0.2, 0.25) is 0 Å². The maximum atomic E-state index is 11.5. The van der Waals surface area contributed by atoms with Gasteiger partial charge in [-0.3, -0.25) is 0 Å². The van der Waals surface area contributed by atoms with Crippen molar-refractivity contribution in [3.63, 3.8) is 0 Å². The molecule has 0 aliphatic rings. The third-order valence-electron chi connectivity index (χ3n) is 1.79. The van der Waals surface area contributed by atoms with E-state index in [-0.39, 0.29) is 6.04 Å². The number of nitrogens with zero attached hydrogens (tertiary/aromatic N) is 2. The molecule has 18 heavy (non-hydrogen) atoms. The Kier molecular flexibility index (Phi) is 5.01. The molecular weight excluding hydrogens is 254 g/mol. The molecule has 0 bridgehead atoms. The summed E-state index contributed by atoms with van der Waals surface area (Å²) in [5.41, 5.74) is -0.526. The number of hydrogen-bond donors (Lipinski definition) is 1. The minimum atomic E-state index is -0.526. The van der Waals surface area contributed by atoms with Gasteiger partial charge in [0.25, 0.3) is 5.22 Å². The normalized spacial score (nSPS) is 13.2. The molecule has 1 heterocycles. The largest absolute Gasteiger partial charge is 0.444 e. The number of thioether (sulfide) groups is 1. The summed E-state index contributed by atoms with van der Waals surface area (Å²) >= 11 is 1.46. The topological polar surface area (TPSA) is 77.2 Å². The first-order chi connectivity index (χ1) is 8.31. The first-order valence-corrected chi connectivity index (χ1v) is 6.76. The van der Waals surface area contributed by atoms with E-state index in [9.17, 15) is 4.79 Å². The highest BCUT2D eigenvalue weighted by molar-refractivity contribution is 7.99. The van der Waals surface area contributed by atoms with Gasteiger partial charge in [0.2, 0.25) is 5.89 Å². The summed E-state index contributed by atoms with van der Waals surface area (Å²) in [6, 6.07) is -0.376. The number of carbonyl (C=O) groups is 1. The first-order valence-electron chi connectivity index (χ1n) is 5.77. The smallest absolute Gasteiger partial charge is 0.408 e. The molecular formula is C11H19N3O3S. The van der Waals surface area contributed by atoms with Gasteiger partial charge >= 0.3 is 6.09 Å². The third kappa shape index (κ3) is 4.95. The van der Waals surface area contributed by atoms with Crippen molar-refractivity contribution in [3.05, 3.63) is 5.89 Å². The Hall–Kier alpha value is -1.24. The fraction of sp³-hybridized carbons (Fsp3) is 0.727. The van der Waals surface area contributed by atoms with Gasteiger partial charge in [-0.2, -0.15) is 0 Å². The molecule has 1 N–H and O–H groups in total. The molecule has 0 unspecified atom stereocenters. The molecule has 0 fully saturated rings. The molecule has 1 aromatic heterocycles. The van der Waals surface area contributed by atoms with E-state index in [0.717, 1.165) is 5.75 Å². The van der Waals surface area contributed by atoms with Gasteiger partial charge in [-0.1, -0.05) is 18.7 Å². The minimum absolute atomic E-state index is 0.372. The monoisotopic (exact) mass is 273 g/mol. The second-order valence-corrected chi connectivity index (χ2v) is 5.92. The zero-order valence-electron chi connectivity index (χ0n) is 11.3. The van der Waals surface area contributed by atoms with Gasteiger partial charge in [0.1, 0.15) is 11.6 Å². The summed E-state index contributed by atoms with van der Waals surface area (Å²) in [6.07, 6.45) is -0.502. The molecule has 0 aliphatic carbocycles. The fourth-order valence-electron chi connectivity index (χ4n) is 1.12. The first kappa shape index (κ1) is 14.8. The molecule has 1 aromatic rings. The lowest BCUT2D eigenvalue weighted by molar-refractivity contribution is 0.0500. The van der Waals surface area contributed by atoms with Crippen LogP contribution in [-0.4, -0.2) is 27.6 Å². The highest BCUT2D eigenvalue weighted by Crippen LogP contribution is 2.19. The van der Waals surface area contributed by atoms with Crippen molar-refractivity contribution < 1.29 is 13.9 Å². The van der Waals surface area contributed by atoms with E-state index in [4.69, 9.17) is 9.15 Å². The lowest BCUT2D eigenvalue weighted by atomic mass is 10.2. The quantitative estimate of drug-likeness (QED) is 0.850. The van der Waals surface area contributed by atoms with E-state index >= 15 is 0 Å². The lowest BCUT2D eigenvalue weighted by Crippen LogP contribution is -2.34. The summed E-state index contributed by atoms with van der Waals surface area (Å²) in [5, 5.41) is 10.9. The molecule has 0 spiro atoms. The molecule has 1 rings (SSSR count). The fourth-order valence-corrected chi connectivity index (χ4v) is 1.61. The van der Waals surface area contributed by atoms with Crippen molar-refractivity contribution in [3.8, 4) is 0 Å². The van der Waals surface area contributed by atoms with Gasteiger partial charge in [-0.15, -0.1) is 10.2 Å². The van der Waals surface area contributed by atoms with Crippen LogP contribution in [0.25, 0.3) is 0 Å². The Morgan fingerprint density at radius 1 is 1.50 bits per heavy atom. The maximum absolute atomic E-state index is 11.5. The molecule has 1 amide bonds. The van der Waals surface area contributed by atoms with E-state index in [0.29, 0.717) is 11.1 Å². The Morgan fingerprint density at radius 3 is 2.72 bits per heavy atom. The van der Waals surface area contributed by atoms with Gasteiger partial charge in [0.15, 0.2) is 0 Å². The van der Waals surface area contributed by atoms with Gasteiger partial charge in [0.05, 0.1) is 0 Å². The van der Waals surface area contributed by atoms with Crippen molar-refractivity contribution >= 4 is 17.9 Å². The second kappa shape index (κ2) is 6.08. The summed E-state index contributed by atoms with van der Waals surface area (Å²) in [5.74, 6) is 1.23. The average molecular weight is 273 g/mol. The summed E-state index contributed by atoms with van der Waals surface area (Å²) in [6.45, 7) is 9.18. The predicted octanol–water partition coefficient (Wildman–Crippen LogP) is 2.77. The van der Waals surface area contributed by atoms with Crippen LogP contribution in [-0.2, 0) is 4.74 Å². The SMILES string of the molecule is CCSc1nnc([C@H](C)NC(=O)OC(C)(C)C)o1. The van der Waals surface area contributed by atoms with Crippen molar-refractivity contribution in [2.24, 2.45) is 0 Å². The Morgan fingerprint density at radius 2 is 2.17 bits per heavy atom. The molecule has 0 saturated heterocycles. The van der Waals surface area contributed by atoms with Crippen LogP contribution >= 0.6 is 11.8 Å². The van der Waals surface area contributed by atoms with Gasteiger partial charge in [-0.25, -0.2) is 4.79 Å². The van der Waals surface area contributed by atoms with Gasteiger partial charge < -0.3 is 14.5 Å². The minimum Gasteiger partial charge on any atom is -0.444 e. The number of aromatic nitrogens is 2. The highest BCUT2D eigenvalue weighted by Gasteiger charge is 2.21. The van der Waals surface area contributed by atoms with Crippen LogP contribution in [0.3, 0.4) is 0 Å². The van der Waals surface area contributed by atoms with Crippen LogP contribution in [0, 0.1) is 0 Å². The predicted molar refractivity (Wildman–Crippen MR) is 68.5 cm³/mol. The zero-order chi connectivity index (χ0) is 13.8.